The molecule has 0 amide bonds. The fourth-order valence-electron chi connectivity index (χ4n) is 2.00. The van der Waals surface area contributed by atoms with Gasteiger partial charge in [0.25, 0.3) is 0 Å². The van der Waals surface area contributed by atoms with Gasteiger partial charge in [-0.15, -0.1) is 11.8 Å². The molecule has 1 heterocycles. The van der Waals surface area contributed by atoms with Gasteiger partial charge in [-0.1, -0.05) is 48.5 Å². The maximum absolute atomic E-state index is 4.37. The van der Waals surface area contributed by atoms with Gasteiger partial charge in [-0.2, -0.15) is 0 Å². The van der Waals surface area contributed by atoms with Crippen molar-refractivity contribution in [2.45, 2.75) is 10.6 Å². The summed E-state index contributed by atoms with van der Waals surface area (Å²) < 4.78 is 0. The van der Waals surface area contributed by atoms with Crippen molar-refractivity contribution in [3.05, 3.63) is 84.6 Å². The van der Waals surface area contributed by atoms with Gasteiger partial charge in [0, 0.05) is 22.4 Å². The van der Waals surface area contributed by atoms with Crippen LogP contribution in [0.3, 0.4) is 0 Å². The first-order chi connectivity index (χ1) is 9.92. The first-order valence-corrected chi connectivity index (χ1v) is 7.58. The van der Waals surface area contributed by atoms with Crippen LogP contribution in [0.25, 0.3) is 11.3 Å². The maximum atomic E-state index is 4.37. The molecule has 0 atom stereocenters. The number of aromatic nitrogens is 1. The summed E-state index contributed by atoms with van der Waals surface area (Å²) in [6, 6.07) is 25.1. The molecule has 1 aromatic heterocycles. The Morgan fingerprint density at radius 2 is 1.50 bits per heavy atom. The zero-order valence-electron chi connectivity index (χ0n) is 11.1. The largest absolute Gasteiger partial charge is 0.256 e. The summed E-state index contributed by atoms with van der Waals surface area (Å²) in [5, 5.41) is 0. The SMILES string of the molecule is c1ccc(CSc2ccc(-c3ccccn3)cc2)cc1. The summed E-state index contributed by atoms with van der Waals surface area (Å²) in [6.45, 7) is 0. The van der Waals surface area contributed by atoms with E-state index in [0.29, 0.717) is 0 Å². The lowest BCUT2D eigenvalue weighted by molar-refractivity contribution is 1.31. The van der Waals surface area contributed by atoms with Gasteiger partial charge in [0.05, 0.1) is 5.69 Å². The van der Waals surface area contributed by atoms with E-state index in [2.05, 4.69) is 59.6 Å². The number of pyridine rings is 1. The average molecular weight is 277 g/mol. The number of benzene rings is 2. The minimum absolute atomic E-state index is 1.00. The molecule has 0 saturated carbocycles. The standard InChI is InChI=1S/C18H15NS/c1-2-6-15(7-3-1)14-20-17-11-9-16(10-12-17)18-8-4-5-13-19-18/h1-13H,14H2. The Morgan fingerprint density at radius 1 is 0.750 bits per heavy atom. The van der Waals surface area contributed by atoms with Gasteiger partial charge in [-0.05, 0) is 29.8 Å². The highest BCUT2D eigenvalue weighted by molar-refractivity contribution is 7.98. The summed E-state index contributed by atoms with van der Waals surface area (Å²) in [6.07, 6.45) is 1.83. The Balaban J connectivity index is 1.68. The summed E-state index contributed by atoms with van der Waals surface area (Å²) in [5.74, 6) is 1.00. The molecule has 0 spiro atoms. The van der Waals surface area contributed by atoms with Crippen molar-refractivity contribution in [2.75, 3.05) is 0 Å². The smallest absolute Gasteiger partial charge is 0.0701 e. The summed E-state index contributed by atoms with van der Waals surface area (Å²) >= 11 is 1.86. The van der Waals surface area contributed by atoms with Crippen LogP contribution >= 0.6 is 11.8 Å². The van der Waals surface area contributed by atoms with E-state index in [9.17, 15) is 0 Å². The van der Waals surface area contributed by atoms with Gasteiger partial charge in [-0.25, -0.2) is 0 Å². The molecule has 0 unspecified atom stereocenters. The van der Waals surface area contributed by atoms with Crippen LogP contribution in [0, 0.1) is 0 Å². The van der Waals surface area contributed by atoms with E-state index in [0.717, 1.165) is 17.0 Å². The minimum Gasteiger partial charge on any atom is -0.256 e. The molecule has 0 aliphatic rings. The molecular weight excluding hydrogens is 262 g/mol. The van der Waals surface area contributed by atoms with Gasteiger partial charge < -0.3 is 0 Å². The van der Waals surface area contributed by atoms with E-state index in [4.69, 9.17) is 0 Å². The van der Waals surface area contributed by atoms with Crippen molar-refractivity contribution in [2.24, 2.45) is 0 Å². The maximum Gasteiger partial charge on any atom is 0.0701 e. The Kier molecular flexibility index (Phi) is 4.14. The van der Waals surface area contributed by atoms with Gasteiger partial charge in [0.1, 0.15) is 0 Å². The molecule has 0 bridgehead atoms. The third-order valence-electron chi connectivity index (χ3n) is 3.06. The van der Waals surface area contributed by atoms with Crippen LogP contribution < -0.4 is 0 Å². The second-order valence-corrected chi connectivity index (χ2v) is 5.56. The summed E-state index contributed by atoms with van der Waals surface area (Å²) in [5.41, 5.74) is 3.54. The zero-order valence-corrected chi connectivity index (χ0v) is 11.9. The van der Waals surface area contributed by atoms with Gasteiger partial charge in [0.2, 0.25) is 0 Å². The zero-order chi connectivity index (χ0) is 13.6. The lowest BCUT2D eigenvalue weighted by Crippen LogP contribution is -1.82. The van der Waals surface area contributed by atoms with E-state index in [1.54, 1.807) is 0 Å². The fraction of sp³-hybridized carbons (Fsp3) is 0.0556. The van der Waals surface area contributed by atoms with Crippen LogP contribution in [0.1, 0.15) is 5.56 Å². The molecule has 2 aromatic carbocycles. The third-order valence-corrected chi connectivity index (χ3v) is 4.15. The van der Waals surface area contributed by atoms with Crippen molar-refractivity contribution >= 4 is 11.8 Å². The fourth-order valence-corrected chi connectivity index (χ4v) is 2.85. The summed E-state index contributed by atoms with van der Waals surface area (Å²) in [7, 11) is 0. The van der Waals surface area contributed by atoms with E-state index < -0.39 is 0 Å². The predicted molar refractivity (Wildman–Crippen MR) is 85.7 cm³/mol. The molecule has 0 aliphatic heterocycles. The van der Waals surface area contributed by atoms with Crippen LogP contribution in [0.15, 0.2) is 83.9 Å². The first kappa shape index (κ1) is 12.9. The average Bonchev–Trinajstić information content (AvgIpc) is 2.55. The lowest BCUT2D eigenvalue weighted by atomic mass is 10.1. The van der Waals surface area contributed by atoms with Crippen molar-refractivity contribution in [1.29, 1.82) is 0 Å². The molecule has 0 radical (unpaired) electrons. The van der Waals surface area contributed by atoms with E-state index >= 15 is 0 Å². The quantitative estimate of drug-likeness (QED) is 0.620. The van der Waals surface area contributed by atoms with E-state index in [-0.39, 0.29) is 0 Å². The van der Waals surface area contributed by atoms with Gasteiger partial charge in [0.15, 0.2) is 0 Å². The predicted octanol–water partition coefficient (Wildman–Crippen LogP) is 5.04. The van der Waals surface area contributed by atoms with Crippen LogP contribution in [0.5, 0.6) is 0 Å². The van der Waals surface area contributed by atoms with Gasteiger partial charge in [-0.3, -0.25) is 4.98 Å². The molecule has 1 nitrogen and oxygen atoms in total. The third kappa shape index (κ3) is 3.28. The summed E-state index contributed by atoms with van der Waals surface area (Å²) in [4.78, 5) is 5.65. The van der Waals surface area contributed by atoms with E-state index in [1.807, 2.05) is 36.2 Å². The highest BCUT2D eigenvalue weighted by Gasteiger charge is 1.99. The van der Waals surface area contributed by atoms with Crippen molar-refractivity contribution < 1.29 is 0 Å². The molecule has 3 aromatic rings. The Bertz CT molecular complexity index is 648. The van der Waals surface area contributed by atoms with Crippen molar-refractivity contribution in [1.82, 2.24) is 4.98 Å². The molecule has 0 N–H and O–H groups in total. The molecule has 0 aliphatic carbocycles. The number of nitrogens with zero attached hydrogens (tertiary/aromatic N) is 1. The second kappa shape index (κ2) is 6.40. The Labute approximate surface area is 123 Å². The minimum atomic E-state index is 1.00. The second-order valence-electron chi connectivity index (χ2n) is 4.51. The highest BCUT2D eigenvalue weighted by atomic mass is 32.2. The van der Waals surface area contributed by atoms with Crippen LogP contribution in [-0.4, -0.2) is 4.98 Å². The monoisotopic (exact) mass is 277 g/mol. The molecule has 0 fully saturated rings. The topological polar surface area (TPSA) is 12.9 Å². The normalized spacial score (nSPS) is 10.4. The Hall–Kier alpha value is -2.06. The Morgan fingerprint density at radius 3 is 2.20 bits per heavy atom. The molecule has 98 valence electrons. The number of hydrogen-bond donors (Lipinski definition) is 0. The molecule has 3 rings (SSSR count). The van der Waals surface area contributed by atoms with Crippen LogP contribution in [-0.2, 0) is 5.75 Å². The highest BCUT2D eigenvalue weighted by Crippen LogP contribution is 2.25. The van der Waals surface area contributed by atoms with Crippen LogP contribution in [0.4, 0.5) is 0 Å². The van der Waals surface area contributed by atoms with Crippen LogP contribution in [0.2, 0.25) is 0 Å². The first-order valence-electron chi connectivity index (χ1n) is 6.60. The number of hydrogen-bond acceptors (Lipinski definition) is 2. The van der Waals surface area contributed by atoms with Crippen molar-refractivity contribution in [3.8, 4) is 11.3 Å². The molecule has 0 saturated heterocycles. The molecule has 20 heavy (non-hydrogen) atoms. The van der Waals surface area contributed by atoms with Crippen molar-refractivity contribution in [3.63, 3.8) is 0 Å². The van der Waals surface area contributed by atoms with E-state index in [1.165, 1.54) is 10.5 Å². The molecule has 2 heteroatoms. The number of rotatable bonds is 4. The van der Waals surface area contributed by atoms with Gasteiger partial charge >= 0.3 is 0 Å². The number of thioether (sulfide) groups is 1. The molecular formula is C18H15NS. The lowest BCUT2D eigenvalue weighted by Gasteiger charge is -2.04.